The number of aliphatic imine (C=N–C) groups is 1. The number of carbonyl (C=O) groups is 1. The summed E-state index contributed by atoms with van der Waals surface area (Å²) < 4.78 is 0. The van der Waals surface area contributed by atoms with Gasteiger partial charge in [0.2, 0.25) is 11.9 Å². The largest absolute Gasteiger partial charge is 0.357 e. The molecule has 2 heterocycles. The molecule has 0 atom stereocenters. The molecule has 1 saturated heterocycles. The number of carbonyl (C=O) groups excluding carboxylic acids is 1. The monoisotopic (exact) mass is 423 g/mol. The second kappa shape index (κ2) is 11.9. The minimum Gasteiger partial charge on any atom is -0.357 e. The third-order valence-corrected chi connectivity index (χ3v) is 5.35. The van der Waals surface area contributed by atoms with Gasteiger partial charge in [0.05, 0.1) is 6.54 Å². The average Bonchev–Trinajstić information content (AvgIpc) is 2.83. The molecule has 1 aromatic carbocycles. The summed E-state index contributed by atoms with van der Waals surface area (Å²) in [7, 11) is 0. The van der Waals surface area contributed by atoms with Crippen LogP contribution in [0, 0.1) is 0 Å². The maximum Gasteiger partial charge on any atom is 0.225 e. The molecular formula is C23H33N7O. The standard InChI is InChI=1S/C23H33N7O/c1-3-19-8-5-6-9-20(19)18-28-22(24-4-2)25-13-10-21(31)29-14-16-30(17-15-29)23-26-11-7-12-27-23/h5-9,11-12H,3-4,10,13-18H2,1-2H3,(H2,24,25,28). The first-order chi connectivity index (χ1) is 15.2. The Morgan fingerprint density at radius 1 is 1.00 bits per heavy atom. The summed E-state index contributed by atoms with van der Waals surface area (Å²) in [5.41, 5.74) is 2.55. The van der Waals surface area contributed by atoms with Gasteiger partial charge < -0.3 is 20.4 Å². The van der Waals surface area contributed by atoms with Gasteiger partial charge in [0.15, 0.2) is 5.96 Å². The smallest absolute Gasteiger partial charge is 0.225 e. The van der Waals surface area contributed by atoms with Crippen molar-refractivity contribution < 1.29 is 4.79 Å². The third kappa shape index (κ3) is 6.67. The van der Waals surface area contributed by atoms with Crippen molar-refractivity contribution in [2.45, 2.75) is 33.2 Å². The van der Waals surface area contributed by atoms with Crippen LogP contribution in [0.15, 0.2) is 47.7 Å². The summed E-state index contributed by atoms with van der Waals surface area (Å²) in [5, 5.41) is 6.56. The van der Waals surface area contributed by atoms with Crippen molar-refractivity contribution in [3.63, 3.8) is 0 Å². The quantitative estimate of drug-likeness (QED) is 0.498. The van der Waals surface area contributed by atoms with Gasteiger partial charge in [0.1, 0.15) is 0 Å². The summed E-state index contributed by atoms with van der Waals surface area (Å²) in [5.74, 6) is 1.63. The van der Waals surface area contributed by atoms with Crippen LogP contribution in [0.25, 0.3) is 0 Å². The topological polar surface area (TPSA) is 85.8 Å². The van der Waals surface area contributed by atoms with Crippen LogP contribution < -0.4 is 15.5 Å². The van der Waals surface area contributed by atoms with E-state index in [9.17, 15) is 4.79 Å². The number of piperazine rings is 1. The second-order valence-electron chi connectivity index (χ2n) is 7.41. The number of hydrogen-bond donors (Lipinski definition) is 2. The molecule has 0 spiro atoms. The molecule has 1 amide bonds. The molecule has 166 valence electrons. The van der Waals surface area contributed by atoms with Gasteiger partial charge in [-0.3, -0.25) is 4.79 Å². The van der Waals surface area contributed by atoms with E-state index < -0.39 is 0 Å². The van der Waals surface area contributed by atoms with Crippen molar-refractivity contribution in [1.82, 2.24) is 25.5 Å². The minimum absolute atomic E-state index is 0.160. The molecule has 8 heteroatoms. The molecule has 0 bridgehead atoms. The lowest BCUT2D eigenvalue weighted by molar-refractivity contribution is -0.131. The predicted molar refractivity (Wildman–Crippen MR) is 124 cm³/mol. The molecular weight excluding hydrogens is 390 g/mol. The molecule has 0 saturated carbocycles. The van der Waals surface area contributed by atoms with Gasteiger partial charge in [-0.05, 0) is 30.5 Å². The minimum atomic E-state index is 0.160. The Hall–Kier alpha value is -3.16. The SMILES string of the molecule is CCNC(=NCc1ccccc1CC)NCCC(=O)N1CCN(c2ncccn2)CC1. The number of rotatable bonds is 8. The van der Waals surface area contributed by atoms with Crippen LogP contribution >= 0.6 is 0 Å². The first-order valence-electron chi connectivity index (χ1n) is 11.1. The Kier molecular flexibility index (Phi) is 8.63. The number of nitrogens with zero attached hydrogens (tertiary/aromatic N) is 5. The van der Waals surface area contributed by atoms with Crippen LogP contribution in [0.5, 0.6) is 0 Å². The number of anilines is 1. The van der Waals surface area contributed by atoms with Crippen LogP contribution in [0.3, 0.4) is 0 Å². The first kappa shape index (κ1) is 22.5. The first-order valence-corrected chi connectivity index (χ1v) is 11.1. The highest BCUT2D eigenvalue weighted by Crippen LogP contribution is 2.11. The van der Waals surface area contributed by atoms with Crippen LogP contribution in [0.4, 0.5) is 5.95 Å². The maximum atomic E-state index is 12.6. The van der Waals surface area contributed by atoms with Crippen molar-refractivity contribution in [1.29, 1.82) is 0 Å². The Morgan fingerprint density at radius 3 is 2.39 bits per heavy atom. The summed E-state index contributed by atoms with van der Waals surface area (Å²) in [6.07, 6.45) is 4.93. The molecule has 2 aromatic rings. The molecule has 1 aromatic heterocycles. The number of nitrogens with one attached hydrogen (secondary N) is 2. The van der Waals surface area contributed by atoms with E-state index in [1.165, 1.54) is 11.1 Å². The number of amides is 1. The van der Waals surface area contributed by atoms with Crippen molar-refractivity contribution in [3.05, 3.63) is 53.9 Å². The van der Waals surface area contributed by atoms with Crippen molar-refractivity contribution in [2.75, 3.05) is 44.2 Å². The predicted octanol–water partition coefficient (Wildman–Crippen LogP) is 1.83. The summed E-state index contributed by atoms with van der Waals surface area (Å²) in [6.45, 7) is 9.05. The molecule has 31 heavy (non-hydrogen) atoms. The van der Waals surface area contributed by atoms with Crippen molar-refractivity contribution >= 4 is 17.8 Å². The van der Waals surface area contributed by atoms with Crippen LogP contribution in [-0.2, 0) is 17.8 Å². The van der Waals surface area contributed by atoms with E-state index in [2.05, 4.69) is 50.6 Å². The molecule has 1 aliphatic heterocycles. The van der Waals surface area contributed by atoms with Gasteiger partial charge in [-0.2, -0.15) is 0 Å². The fourth-order valence-corrected chi connectivity index (χ4v) is 3.62. The van der Waals surface area contributed by atoms with E-state index in [0.717, 1.165) is 38.0 Å². The second-order valence-corrected chi connectivity index (χ2v) is 7.41. The van der Waals surface area contributed by atoms with Gasteiger partial charge in [-0.25, -0.2) is 15.0 Å². The fraction of sp³-hybridized carbons (Fsp3) is 0.478. The molecule has 0 radical (unpaired) electrons. The molecule has 3 rings (SSSR count). The molecule has 8 nitrogen and oxygen atoms in total. The van der Waals surface area contributed by atoms with Crippen LogP contribution in [0.2, 0.25) is 0 Å². The Labute approximate surface area is 184 Å². The highest BCUT2D eigenvalue weighted by molar-refractivity contribution is 5.81. The zero-order valence-corrected chi connectivity index (χ0v) is 18.5. The van der Waals surface area contributed by atoms with Crippen LogP contribution in [-0.4, -0.2) is 66.0 Å². The number of hydrogen-bond acceptors (Lipinski definition) is 5. The maximum absolute atomic E-state index is 12.6. The molecule has 0 unspecified atom stereocenters. The van der Waals surface area contributed by atoms with Crippen LogP contribution in [0.1, 0.15) is 31.4 Å². The van der Waals surface area contributed by atoms with E-state index in [4.69, 9.17) is 4.99 Å². The Morgan fingerprint density at radius 2 is 1.71 bits per heavy atom. The van der Waals surface area contributed by atoms with Gasteiger partial charge in [0.25, 0.3) is 0 Å². The van der Waals surface area contributed by atoms with E-state index in [1.807, 2.05) is 24.0 Å². The zero-order valence-electron chi connectivity index (χ0n) is 18.5. The number of aryl methyl sites for hydroxylation is 1. The third-order valence-electron chi connectivity index (χ3n) is 5.35. The van der Waals surface area contributed by atoms with Gasteiger partial charge >= 0.3 is 0 Å². The molecule has 2 N–H and O–H groups in total. The van der Waals surface area contributed by atoms with Gasteiger partial charge in [-0.15, -0.1) is 0 Å². The zero-order chi connectivity index (χ0) is 21.9. The number of guanidine groups is 1. The highest BCUT2D eigenvalue weighted by atomic mass is 16.2. The van der Waals surface area contributed by atoms with E-state index in [0.29, 0.717) is 32.6 Å². The van der Waals surface area contributed by atoms with Crippen molar-refractivity contribution in [2.24, 2.45) is 4.99 Å². The van der Waals surface area contributed by atoms with E-state index in [-0.39, 0.29) is 5.91 Å². The van der Waals surface area contributed by atoms with Gasteiger partial charge in [0, 0.05) is 58.1 Å². The summed E-state index contributed by atoms with van der Waals surface area (Å²) in [6, 6.07) is 10.2. The van der Waals surface area contributed by atoms with E-state index >= 15 is 0 Å². The lowest BCUT2D eigenvalue weighted by Gasteiger charge is -2.34. The lowest BCUT2D eigenvalue weighted by atomic mass is 10.1. The summed E-state index contributed by atoms with van der Waals surface area (Å²) >= 11 is 0. The van der Waals surface area contributed by atoms with Gasteiger partial charge in [-0.1, -0.05) is 31.2 Å². The lowest BCUT2D eigenvalue weighted by Crippen LogP contribution is -2.50. The summed E-state index contributed by atoms with van der Waals surface area (Å²) in [4.78, 5) is 29.9. The molecule has 0 aliphatic carbocycles. The molecule has 1 fully saturated rings. The Bertz CT molecular complexity index is 848. The normalized spacial score (nSPS) is 14.5. The molecule has 1 aliphatic rings. The average molecular weight is 424 g/mol. The van der Waals surface area contributed by atoms with E-state index in [1.54, 1.807) is 12.4 Å². The number of benzene rings is 1. The number of aromatic nitrogens is 2. The Balaban J connectivity index is 1.44. The fourth-order valence-electron chi connectivity index (χ4n) is 3.62. The van der Waals surface area contributed by atoms with Crippen molar-refractivity contribution in [3.8, 4) is 0 Å². The highest BCUT2D eigenvalue weighted by Gasteiger charge is 2.22.